The van der Waals surface area contributed by atoms with Crippen LogP contribution in [-0.2, 0) is 21.2 Å². The van der Waals surface area contributed by atoms with Gasteiger partial charge >= 0.3 is 0 Å². The Kier molecular flexibility index (Phi) is 4.83. The number of hydrogen-bond acceptors (Lipinski definition) is 7. The molecule has 2 heterocycles. The first-order valence-corrected chi connectivity index (χ1v) is 10.7. The van der Waals surface area contributed by atoms with Crippen molar-refractivity contribution < 1.29 is 22.5 Å². The van der Waals surface area contributed by atoms with Crippen LogP contribution in [0.25, 0.3) is 11.4 Å². The van der Waals surface area contributed by atoms with Crippen molar-refractivity contribution in [3.63, 3.8) is 0 Å². The summed E-state index contributed by atoms with van der Waals surface area (Å²) in [6.07, 6.45) is 0. The van der Waals surface area contributed by atoms with E-state index in [1.54, 1.807) is 13.0 Å². The van der Waals surface area contributed by atoms with Crippen LogP contribution in [0.1, 0.15) is 18.4 Å². The first-order valence-electron chi connectivity index (χ1n) is 9.07. The Morgan fingerprint density at radius 2 is 2.00 bits per heavy atom. The second kappa shape index (κ2) is 7.32. The van der Waals surface area contributed by atoms with E-state index in [1.165, 1.54) is 17.0 Å². The van der Waals surface area contributed by atoms with Gasteiger partial charge in [0.25, 0.3) is 5.91 Å². The molecule has 0 fully saturated rings. The number of fused-ring (bicyclic) bond motifs is 1. The van der Waals surface area contributed by atoms with Crippen LogP contribution < -0.4 is 9.64 Å². The molecule has 0 saturated heterocycles. The van der Waals surface area contributed by atoms with E-state index in [4.69, 9.17) is 9.26 Å². The fourth-order valence-corrected chi connectivity index (χ4v) is 3.97. The van der Waals surface area contributed by atoms with E-state index in [0.717, 1.165) is 11.1 Å². The minimum Gasteiger partial charge on any atom is -0.482 e. The number of ether oxygens (including phenoxy) is 1. The number of carbonyl (C=O) groups excluding carboxylic acids is 1. The standard InChI is InChI=1S/C20H19N3O5S/c1-3-29(25,26)15-7-8-17-16(10-15)23(19(24)12-27-17)11-18-21-20(22-28-18)14-6-4-5-13(2)9-14/h4-10H,3,11-12H2,1-2H3. The van der Waals surface area contributed by atoms with Crippen LogP contribution in [0.2, 0.25) is 0 Å². The zero-order chi connectivity index (χ0) is 20.6. The van der Waals surface area contributed by atoms with E-state index >= 15 is 0 Å². The Hall–Kier alpha value is -3.20. The average Bonchev–Trinajstić information content (AvgIpc) is 3.18. The van der Waals surface area contributed by atoms with Gasteiger partial charge in [0, 0.05) is 5.56 Å². The van der Waals surface area contributed by atoms with Crippen LogP contribution in [-0.4, -0.2) is 36.8 Å². The maximum atomic E-state index is 12.5. The molecule has 1 amide bonds. The summed E-state index contributed by atoms with van der Waals surface area (Å²) in [5, 5.41) is 3.99. The van der Waals surface area contributed by atoms with E-state index in [9.17, 15) is 13.2 Å². The third-order valence-corrected chi connectivity index (χ3v) is 6.38. The monoisotopic (exact) mass is 413 g/mol. The summed E-state index contributed by atoms with van der Waals surface area (Å²) in [6, 6.07) is 12.2. The molecule has 0 aliphatic carbocycles. The van der Waals surface area contributed by atoms with Gasteiger partial charge in [-0.15, -0.1) is 0 Å². The Labute approximate surface area is 168 Å². The van der Waals surface area contributed by atoms with E-state index < -0.39 is 9.84 Å². The van der Waals surface area contributed by atoms with E-state index in [1.807, 2.05) is 31.2 Å². The Bertz CT molecular complexity index is 1190. The Morgan fingerprint density at radius 3 is 2.76 bits per heavy atom. The third-order valence-electron chi connectivity index (χ3n) is 4.65. The van der Waals surface area contributed by atoms with Gasteiger partial charge in [0.2, 0.25) is 11.7 Å². The van der Waals surface area contributed by atoms with Gasteiger partial charge in [-0.1, -0.05) is 35.8 Å². The molecule has 1 aliphatic heterocycles. The van der Waals surface area contributed by atoms with Gasteiger partial charge in [-0.3, -0.25) is 9.69 Å². The molecule has 4 rings (SSSR count). The number of sulfone groups is 1. The number of aryl methyl sites for hydroxylation is 1. The van der Waals surface area contributed by atoms with Crippen LogP contribution in [0.15, 0.2) is 51.9 Å². The normalized spacial score (nSPS) is 13.9. The van der Waals surface area contributed by atoms with Gasteiger partial charge in [-0.05, 0) is 31.2 Å². The molecular weight excluding hydrogens is 394 g/mol. The van der Waals surface area contributed by atoms with Crippen LogP contribution in [0.5, 0.6) is 5.75 Å². The maximum Gasteiger partial charge on any atom is 0.265 e. The summed E-state index contributed by atoms with van der Waals surface area (Å²) < 4.78 is 35.2. The lowest BCUT2D eigenvalue weighted by Crippen LogP contribution is -2.38. The van der Waals surface area contributed by atoms with Crippen molar-refractivity contribution in [3.05, 3.63) is 53.9 Å². The number of nitrogens with zero attached hydrogens (tertiary/aromatic N) is 3. The van der Waals surface area contributed by atoms with Crippen molar-refractivity contribution in [2.45, 2.75) is 25.3 Å². The zero-order valence-electron chi connectivity index (χ0n) is 16.0. The highest BCUT2D eigenvalue weighted by molar-refractivity contribution is 7.91. The summed E-state index contributed by atoms with van der Waals surface area (Å²) in [7, 11) is -3.43. The van der Waals surface area contributed by atoms with Gasteiger partial charge in [-0.25, -0.2) is 8.42 Å². The topological polar surface area (TPSA) is 103 Å². The average molecular weight is 413 g/mol. The largest absolute Gasteiger partial charge is 0.482 e. The SMILES string of the molecule is CCS(=O)(=O)c1ccc2c(c1)N(Cc1nc(-c3cccc(C)c3)no1)C(=O)CO2. The minimum atomic E-state index is -3.43. The molecular formula is C20H19N3O5S. The van der Waals surface area contributed by atoms with Crippen LogP contribution in [0, 0.1) is 6.92 Å². The summed E-state index contributed by atoms with van der Waals surface area (Å²) >= 11 is 0. The van der Waals surface area contributed by atoms with Crippen molar-refractivity contribution in [3.8, 4) is 17.1 Å². The Balaban J connectivity index is 1.66. The van der Waals surface area contributed by atoms with Crippen molar-refractivity contribution in [2.75, 3.05) is 17.3 Å². The molecule has 3 aromatic rings. The molecule has 0 spiro atoms. The lowest BCUT2D eigenvalue weighted by atomic mass is 10.1. The quantitative estimate of drug-likeness (QED) is 0.634. The summed E-state index contributed by atoms with van der Waals surface area (Å²) in [4.78, 5) is 18.4. The van der Waals surface area contributed by atoms with Gasteiger partial charge in [0.1, 0.15) is 12.3 Å². The lowest BCUT2D eigenvalue weighted by Gasteiger charge is -2.28. The van der Waals surface area contributed by atoms with Gasteiger partial charge in [-0.2, -0.15) is 4.98 Å². The first kappa shape index (κ1) is 19.1. The highest BCUT2D eigenvalue weighted by Crippen LogP contribution is 2.35. The molecule has 1 aromatic heterocycles. The van der Waals surface area contributed by atoms with Crippen molar-refractivity contribution in [1.29, 1.82) is 0 Å². The number of carbonyl (C=O) groups is 1. The molecule has 0 atom stereocenters. The summed E-state index contributed by atoms with van der Waals surface area (Å²) in [6.45, 7) is 3.41. The first-order chi connectivity index (χ1) is 13.9. The van der Waals surface area contributed by atoms with Crippen LogP contribution >= 0.6 is 0 Å². The molecule has 0 unspecified atom stereocenters. The molecule has 0 bridgehead atoms. The molecule has 0 radical (unpaired) electrons. The van der Waals surface area contributed by atoms with Crippen molar-refractivity contribution >= 4 is 21.4 Å². The van der Waals surface area contributed by atoms with Crippen LogP contribution in [0.4, 0.5) is 5.69 Å². The Morgan fingerprint density at radius 1 is 1.17 bits per heavy atom. The van der Waals surface area contributed by atoms with E-state index in [0.29, 0.717) is 17.3 Å². The molecule has 2 aromatic carbocycles. The fraction of sp³-hybridized carbons (Fsp3) is 0.250. The van der Waals surface area contributed by atoms with E-state index in [2.05, 4.69) is 10.1 Å². The highest BCUT2D eigenvalue weighted by atomic mass is 32.2. The van der Waals surface area contributed by atoms with Crippen LogP contribution in [0.3, 0.4) is 0 Å². The molecule has 9 heteroatoms. The summed E-state index contributed by atoms with van der Waals surface area (Å²) in [5.74, 6) is 0.736. The third kappa shape index (κ3) is 3.73. The second-order valence-corrected chi connectivity index (χ2v) is 8.96. The number of rotatable bonds is 5. The maximum absolute atomic E-state index is 12.5. The van der Waals surface area contributed by atoms with E-state index in [-0.39, 0.29) is 35.6 Å². The second-order valence-electron chi connectivity index (χ2n) is 6.68. The smallest absolute Gasteiger partial charge is 0.265 e. The molecule has 1 aliphatic rings. The number of benzene rings is 2. The lowest BCUT2D eigenvalue weighted by molar-refractivity contribution is -0.121. The molecule has 150 valence electrons. The molecule has 0 N–H and O–H groups in total. The van der Waals surface area contributed by atoms with Crippen molar-refractivity contribution in [2.24, 2.45) is 0 Å². The molecule has 29 heavy (non-hydrogen) atoms. The minimum absolute atomic E-state index is 0.0175. The van der Waals surface area contributed by atoms with Gasteiger partial charge in [0.15, 0.2) is 16.4 Å². The van der Waals surface area contributed by atoms with Crippen molar-refractivity contribution in [1.82, 2.24) is 10.1 Å². The number of anilines is 1. The number of aromatic nitrogens is 2. The fourth-order valence-electron chi connectivity index (χ4n) is 3.07. The highest BCUT2D eigenvalue weighted by Gasteiger charge is 2.29. The predicted molar refractivity (Wildman–Crippen MR) is 105 cm³/mol. The number of hydrogen-bond donors (Lipinski definition) is 0. The van der Waals surface area contributed by atoms with Gasteiger partial charge < -0.3 is 9.26 Å². The van der Waals surface area contributed by atoms with Gasteiger partial charge in [0.05, 0.1) is 16.3 Å². The molecule has 8 nitrogen and oxygen atoms in total. The zero-order valence-corrected chi connectivity index (χ0v) is 16.8. The summed E-state index contributed by atoms with van der Waals surface area (Å²) in [5.41, 5.74) is 2.24. The molecule has 0 saturated carbocycles. The predicted octanol–water partition coefficient (Wildman–Crippen LogP) is 2.76. The number of amides is 1.